The number of fused-ring (bicyclic) bond motifs is 1. The van der Waals surface area contributed by atoms with Crippen LogP contribution in [0, 0.1) is 13.8 Å². The lowest BCUT2D eigenvalue weighted by Gasteiger charge is -2.23. The molecule has 0 saturated carbocycles. The maximum atomic E-state index is 6.07. The number of likely N-dealkylation sites (N-methyl/N-ethyl adjacent to an activating group) is 1. The van der Waals surface area contributed by atoms with E-state index >= 15 is 0 Å². The summed E-state index contributed by atoms with van der Waals surface area (Å²) in [7, 11) is 2.16. The molecule has 0 spiro atoms. The molecule has 1 fully saturated rings. The third-order valence-electron chi connectivity index (χ3n) is 5.23. The number of nitrogens with zero attached hydrogens (tertiary/aromatic N) is 3. The van der Waals surface area contributed by atoms with Gasteiger partial charge in [-0.15, -0.1) is 0 Å². The first-order valence-corrected chi connectivity index (χ1v) is 9.34. The largest absolute Gasteiger partial charge is 0.472 e. The Kier molecular flexibility index (Phi) is 4.89. The molecule has 3 heterocycles. The number of hydrogen-bond acceptors (Lipinski definition) is 6. The number of hydrazine groups is 1. The summed E-state index contributed by atoms with van der Waals surface area (Å²) in [6.45, 7) is 5.83. The molecule has 3 atom stereocenters. The van der Waals surface area contributed by atoms with Crippen LogP contribution in [0.4, 0.5) is 0 Å². The van der Waals surface area contributed by atoms with E-state index in [2.05, 4.69) is 63.1 Å². The lowest BCUT2D eigenvalue weighted by Crippen LogP contribution is -2.42. The van der Waals surface area contributed by atoms with Gasteiger partial charge in [0.15, 0.2) is 0 Å². The minimum Gasteiger partial charge on any atom is -0.472 e. The predicted octanol–water partition coefficient (Wildman–Crippen LogP) is 1.94. The molecule has 0 amide bonds. The van der Waals surface area contributed by atoms with E-state index in [1.807, 2.05) is 13.8 Å². The Morgan fingerprint density at radius 2 is 1.92 bits per heavy atom. The Bertz CT molecular complexity index is 766. The van der Waals surface area contributed by atoms with Crippen molar-refractivity contribution in [3.05, 3.63) is 53.0 Å². The molecule has 0 radical (unpaired) electrons. The first kappa shape index (κ1) is 17.4. The lowest BCUT2D eigenvalue weighted by atomic mass is 10.0. The highest BCUT2D eigenvalue weighted by atomic mass is 16.5. The minimum absolute atomic E-state index is 0.157. The number of nitrogens with one attached hydrogen (secondary N) is 2. The molecule has 2 aliphatic heterocycles. The van der Waals surface area contributed by atoms with Gasteiger partial charge in [0, 0.05) is 42.9 Å². The summed E-state index contributed by atoms with van der Waals surface area (Å²) in [5.74, 6) is 1.56. The van der Waals surface area contributed by atoms with Crippen molar-refractivity contribution in [2.45, 2.75) is 44.9 Å². The molecule has 2 N–H and O–H groups in total. The van der Waals surface area contributed by atoms with Crippen molar-refractivity contribution in [3.63, 3.8) is 0 Å². The highest BCUT2D eigenvalue weighted by Gasteiger charge is 2.30. The fourth-order valence-electron chi connectivity index (χ4n) is 4.01. The second-order valence-electron chi connectivity index (χ2n) is 7.49. The normalized spacial score (nSPS) is 24.7. The average Bonchev–Trinajstić information content (AvgIpc) is 3.22. The molecule has 2 aliphatic rings. The van der Waals surface area contributed by atoms with Crippen LogP contribution in [0.2, 0.25) is 0 Å². The number of aryl methyl sites for hydroxylation is 2. The van der Waals surface area contributed by atoms with Crippen molar-refractivity contribution in [1.82, 2.24) is 25.7 Å². The van der Waals surface area contributed by atoms with E-state index in [-0.39, 0.29) is 6.10 Å². The van der Waals surface area contributed by atoms with E-state index in [0.29, 0.717) is 12.1 Å². The molecule has 3 unspecified atom stereocenters. The van der Waals surface area contributed by atoms with Crippen molar-refractivity contribution in [1.29, 1.82) is 0 Å². The molecule has 0 bridgehead atoms. The second kappa shape index (κ2) is 7.31. The van der Waals surface area contributed by atoms with E-state index in [1.54, 1.807) is 0 Å². The summed E-state index contributed by atoms with van der Waals surface area (Å²) < 4.78 is 6.07. The molecule has 138 valence electrons. The summed E-state index contributed by atoms with van der Waals surface area (Å²) in [4.78, 5) is 11.2. The van der Waals surface area contributed by atoms with Gasteiger partial charge in [0.1, 0.15) is 11.9 Å². The van der Waals surface area contributed by atoms with Gasteiger partial charge in [-0.05, 0) is 32.9 Å². The van der Waals surface area contributed by atoms with Crippen LogP contribution >= 0.6 is 0 Å². The summed E-state index contributed by atoms with van der Waals surface area (Å²) in [6, 6.07) is 11.4. The quantitative estimate of drug-likeness (QED) is 0.857. The second-order valence-corrected chi connectivity index (χ2v) is 7.49. The smallest absolute Gasteiger partial charge is 0.220 e. The standard InChI is InChI=1S/C20H27N5O/c1-13-18-10-17(26-20(18)22-14(2)21-13)12-25(3)11-16-9-19(24-23-16)15-7-5-4-6-8-15/h4-8,16-17,19,23-24H,9-12H2,1-3H3. The average molecular weight is 353 g/mol. The molecule has 6 heteroatoms. The van der Waals surface area contributed by atoms with Crippen LogP contribution in [0.5, 0.6) is 5.88 Å². The van der Waals surface area contributed by atoms with E-state index in [9.17, 15) is 0 Å². The summed E-state index contributed by atoms with van der Waals surface area (Å²) in [6.07, 6.45) is 2.14. The topological polar surface area (TPSA) is 62.3 Å². The number of aromatic nitrogens is 2. The lowest BCUT2D eigenvalue weighted by molar-refractivity contribution is 0.157. The van der Waals surface area contributed by atoms with Crippen LogP contribution in [0.25, 0.3) is 0 Å². The Balaban J connectivity index is 1.29. The van der Waals surface area contributed by atoms with Gasteiger partial charge in [0.05, 0.1) is 0 Å². The molecule has 1 aromatic heterocycles. The van der Waals surface area contributed by atoms with Gasteiger partial charge in [-0.1, -0.05) is 30.3 Å². The molecule has 1 saturated heterocycles. The number of hydrogen-bond donors (Lipinski definition) is 2. The molecule has 0 aliphatic carbocycles. The van der Waals surface area contributed by atoms with Crippen LogP contribution < -0.4 is 15.6 Å². The maximum absolute atomic E-state index is 6.07. The molecular formula is C20H27N5O. The molecule has 26 heavy (non-hydrogen) atoms. The zero-order chi connectivity index (χ0) is 18.1. The van der Waals surface area contributed by atoms with Gasteiger partial charge in [-0.3, -0.25) is 5.43 Å². The summed E-state index contributed by atoms with van der Waals surface area (Å²) in [5, 5.41) is 0. The first-order chi connectivity index (χ1) is 12.6. The van der Waals surface area contributed by atoms with Crippen LogP contribution in [-0.2, 0) is 6.42 Å². The van der Waals surface area contributed by atoms with Crippen LogP contribution in [0.1, 0.15) is 35.1 Å². The maximum Gasteiger partial charge on any atom is 0.220 e. The third-order valence-corrected chi connectivity index (χ3v) is 5.23. The van der Waals surface area contributed by atoms with Crippen LogP contribution in [-0.4, -0.2) is 47.2 Å². The Labute approximate surface area is 155 Å². The SMILES string of the molecule is Cc1nc(C)c2c(n1)OC(CN(C)CC1CC(c3ccccc3)NN1)C2. The van der Waals surface area contributed by atoms with Crippen molar-refractivity contribution in [3.8, 4) is 5.88 Å². The van der Waals surface area contributed by atoms with Gasteiger partial charge in [-0.25, -0.2) is 10.4 Å². The van der Waals surface area contributed by atoms with Crippen molar-refractivity contribution in [2.24, 2.45) is 0 Å². The highest BCUT2D eigenvalue weighted by Crippen LogP contribution is 2.29. The molecule has 4 rings (SSSR count). The van der Waals surface area contributed by atoms with E-state index in [1.165, 1.54) is 11.1 Å². The van der Waals surface area contributed by atoms with Crippen LogP contribution in [0.3, 0.4) is 0 Å². The zero-order valence-electron chi connectivity index (χ0n) is 15.7. The van der Waals surface area contributed by atoms with Crippen molar-refractivity contribution >= 4 is 0 Å². The number of benzene rings is 1. The van der Waals surface area contributed by atoms with Crippen LogP contribution in [0.15, 0.2) is 30.3 Å². The van der Waals surface area contributed by atoms with Gasteiger partial charge in [-0.2, -0.15) is 4.98 Å². The van der Waals surface area contributed by atoms with Gasteiger partial charge >= 0.3 is 0 Å². The number of ether oxygens (including phenoxy) is 1. The summed E-state index contributed by atoms with van der Waals surface area (Å²) >= 11 is 0. The third kappa shape index (κ3) is 3.72. The fraction of sp³-hybridized carbons (Fsp3) is 0.500. The molecule has 6 nitrogen and oxygen atoms in total. The Hall–Kier alpha value is -2.02. The van der Waals surface area contributed by atoms with Gasteiger partial charge in [0.2, 0.25) is 5.88 Å². The Morgan fingerprint density at radius 3 is 2.73 bits per heavy atom. The first-order valence-electron chi connectivity index (χ1n) is 9.34. The predicted molar refractivity (Wildman–Crippen MR) is 101 cm³/mol. The monoisotopic (exact) mass is 353 g/mol. The Morgan fingerprint density at radius 1 is 1.12 bits per heavy atom. The summed E-state index contributed by atoms with van der Waals surface area (Å²) in [5.41, 5.74) is 10.4. The van der Waals surface area contributed by atoms with E-state index in [4.69, 9.17) is 4.74 Å². The van der Waals surface area contributed by atoms with Gasteiger partial charge in [0.25, 0.3) is 0 Å². The van der Waals surface area contributed by atoms with Gasteiger partial charge < -0.3 is 9.64 Å². The molecule has 1 aromatic carbocycles. The fourth-order valence-corrected chi connectivity index (χ4v) is 4.01. The van der Waals surface area contributed by atoms with Crippen molar-refractivity contribution in [2.75, 3.05) is 20.1 Å². The molecular weight excluding hydrogens is 326 g/mol. The minimum atomic E-state index is 0.157. The van der Waals surface area contributed by atoms with Crippen molar-refractivity contribution < 1.29 is 4.74 Å². The highest BCUT2D eigenvalue weighted by molar-refractivity contribution is 5.34. The molecule has 2 aromatic rings. The number of rotatable bonds is 5. The van der Waals surface area contributed by atoms with E-state index < -0.39 is 0 Å². The van der Waals surface area contributed by atoms with E-state index in [0.717, 1.165) is 43.3 Å². The zero-order valence-corrected chi connectivity index (χ0v) is 15.7.